The number of para-hydroxylation sites is 1. The second-order valence-electron chi connectivity index (χ2n) is 7.71. The van der Waals surface area contributed by atoms with Crippen LogP contribution in [-0.4, -0.2) is 18.0 Å². The number of anilines is 1. The van der Waals surface area contributed by atoms with Crippen LogP contribution in [0.25, 0.3) is 0 Å². The van der Waals surface area contributed by atoms with Crippen molar-refractivity contribution >= 4 is 17.6 Å². The van der Waals surface area contributed by atoms with Crippen LogP contribution in [0, 0.1) is 0 Å². The largest absolute Gasteiger partial charge is 0.459 e. The van der Waals surface area contributed by atoms with E-state index in [1.54, 1.807) is 36.4 Å². The number of nitrogens with one attached hydrogen (secondary N) is 1. The van der Waals surface area contributed by atoms with Crippen LogP contribution in [0.1, 0.15) is 92.4 Å². The molecule has 0 aromatic heterocycles. The molecular weight excluding hydrogens is 374 g/mol. The van der Waals surface area contributed by atoms with Crippen molar-refractivity contribution < 1.29 is 14.3 Å². The Hall–Kier alpha value is -2.62. The first kappa shape index (κ1) is 23.7. The molecule has 0 aliphatic carbocycles. The quantitative estimate of drug-likeness (QED) is 0.286. The number of esters is 1. The molecule has 1 amide bonds. The third-order valence-corrected chi connectivity index (χ3v) is 5.29. The number of carbonyl (C=O) groups excluding carboxylic acids is 2. The number of hydrogen-bond acceptors (Lipinski definition) is 3. The molecule has 0 heterocycles. The minimum atomic E-state index is -0.381. The Balaban J connectivity index is 1.88. The summed E-state index contributed by atoms with van der Waals surface area (Å²) >= 11 is 0. The van der Waals surface area contributed by atoms with Gasteiger partial charge in [-0.3, -0.25) is 4.79 Å². The van der Waals surface area contributed by atoms with Gasteiger partial charge in [-0.1, -0.05) is 82.7 Å². The predicted molar refractivity (Wildman–Crippen MR) is 123 cm³/mol. The van der Waals surface area contributed by atoms with Crippen molar-refractivity contribution in [3.05, 3.63) is 65.7 Å². The summed E-state index contributed by atoms with van der Waals surface area (Å²) in [6, 6.07) is 16.0. The molecule has 0 aliphatic heterocycles. The van der Waals surface area contributed by atoms with E-state index in [0.717, 1.165) is 19.3 Å². The van der Waals surface area contributed by atoms with Gasteiger partial charge in [-0.15, -0.1) is 0 Å². The van der Waals surface area contributed by atoms with Crippen LogP contribution in [0.2, 0.25) is 0 Å². The van der Waals surface area contributed by atoms with Crippen molar-refractivity contribution in [3.63, 3.8) is 0 Å². The molecule has 0 bridgehead atoms. The molecule has 1 N–H and O–H groups in total. The van der Waals surface area contributed by atoms with Crippen LogP contribution in [0.4, 0.5) is 5.69 Å². The van der Waals surface area contributed by atoms with E-state index in [2.05, 4.69) is 12.2 Å². The molecule has 2 aromatic carbocycles. The Morgan fingerprint density at radius 3 is 2.17 bits per heavy atom. The Kier molecular flexibility index (Phi) is 10.7. The molecular formula is C26H35NO3. The first-order chi connectivity index (χ1) is 14.7. The van der Waals surface area contributed by atoms with E-state index in [1.165, 1.54) is 38.5 Å². The average Bonchev–Trinajstić information content (AvgIpc) is 2.78. The molecule has 30 heavy (non-hydrogen) atoms. The molecule has 4 heteroatoms. The highest BCUT2D eigenvalue weighted by Crippen LogP contribution is 2.20. The van der Waals surface area contributed by atoms with E-state index in [4.69, 9.17) is 4.74 Å². The summed E-state index contributed by atoms with van der Waals surface area (Å²) in [4.78, 5) is 25.3. The maximum Gasteiger partial charge on any atom is 0.340 e. The van der Waals surface area contributed by atoms with Crippen molar-refractivity contribution in [2.75, 3.05) is 5.32 Å². The van der Waals surface area contributed by atoms with Gasteiger partial charge in [0.15, 0.2) is 0 Å². The van der Waals surface area contributed by atoms with Gasteiger partial charge in [-0.05, 0) is 43.5 Å². The van der Waals surface area contributed by atoms with Gasteiger partial charge >= 0.3 is 5.97 Å². The molecule has 2 rings (SSSR count). The zero-order valence-corrected chi connectivity index (χ0v) is 18.4. The fraction of sp³-hybridized carbons (Fsp3) is 0.462. The SMILES string of the molecule is CCCCCCCCC[C@@H](CC)OC(=O)c1ccccc1NC(=O)c1ccccc1. The highest BCUT2D eigenvalue weighted by atomic mass is 16.5. The fourth-order valence-corrected chi connectivity index (χ4v) is 3.44. The van der Waals surface area contributed by atoms with Gasteiger partial charge in [-0.2, -0.15) is 0 Å². The normalized spacial score (nSPS) is 11.7. The minimum Gasteiger partial charge on any atom is -0.459 e. The van der Waals surface area contributed by atoms with Crippen LogP contribution in [0.3, 0.4) is 0 Å². The number of hydrogen-bond donors (Lipinski definition) is 1. The summed E-state index contributed by atoms with van der Waals surface area (Å²) in [6.45, 7) is 4.27. The van der Waals surface area contributed by atoms with Gasteiger partial charge in [0.05, 0.1) is 11.3 Å². The lowest BCUT2D eigenvalue weighted by molar-refractivity contribution is 0.0268. The molecule has 2 aromatic rings. The van der Waals surface area contributed by atoms with Crippen molar-refractivity contribution in [1.29, 1.82) is 0 Å². The standard InChI is InChI=1S/C26H35NO3/c1-3-5-6-7-8-9-13-18-22(4-2)30-26(29)23-19-14-15-20-24(23)27-25(28)21-16-11-10-12-17-21/h10-12,14-17,19-20,22H,3-9,13,18H2,1-2H3,(H,27,28)/t22-/m1/s1. The number of rotatable bonds is 13. The van der Waals surface area contributed by atoms with Gasteiger partial charge in [0.1, 0.15) is 6.10 Å². The highest BCUT2D eigenvalue weighted by Gasteiger charge is 2.18. The number of amides is 1. The van der Waals surface area contributed by atoms with Crippen LogP contribution >= 0.6 is 0 Å². The highest BCUT2D eigenvalue weighted by molar-refractivity contribution is 6.08. The second-order valence-corrected chi connectivity index (χ2v) is 7.71. The molecule has 0 aliphatic rings. The van der Waals surface area contributed by atoms with Gasteiger partial charge in [-0.25, -0.2) is 4.79 Å². The topological polar surface area (TPSA) is 55.4 Å². The van der Waals surface area contributed by atoms with Crippen molar-refractivity contribution in [2.45, 2.75) is 77.7 Å². The van der Waals surface area contributed by atoms with Crippen LogP contribution in [0.5, 0.6) is 0 Å². The molecule has 0 radical (unpaired) electrons. The maximum absolute atomic E-state index is 12.8. The van der Waals surface area contributed by atoms with E-state index >= 15 is 0 Å². The van der Waals surface area contributed by atoms with Gasteiger partial charge in [0.2, 0.25) is 0 Å². The second kappa shape index (κ2) is 13.6. The Labute approximate surface area is 181 Å². The Morgan fingerprint density at radius 2 is 1.47 bits per heavy atom. The number of carbonyl (C=O) groups is 2. The van der Waals surface area contributed by atoms with Crippen LogP contribution in [0.15, 0.2) is 54.6 Å². The van der Waals surface area contributed by atoms with E-state index in [-0.39, 0.29) is 18.0 Å². The molecule has 1 atom stereocenters. The molecule has 0 saturated heterocycles. The van der Waals surface area contributed by atoms with E-state index < -0.39 is 0 Å². The average molecular weight is 410 g/mol. The summed E-state index contributed by atoms with van der Waals surface area (Å²) in [5.41, 5.74) is 1.41. The van der Waals surface area contributed by atoms with E-state index in [9.17, 15) is 9.59 Å². The molecule has 0 saturated carbocycles. The molecule has 0 spiro atoms. The lowest BCUT2D eigenvalue weighted by atomic mass is 10.0. The van der Waals surface area contributed by atoms with Crippen molar-refractivity contribution in [1.82, 2.24) is 0 Å². The third-order valence-electron chi connectivity index (χ3n) is 5.29. The summed E-state index contributed by atoms with van der Waals surface area (Å²) in [5.74, 6) is -0.625. The molecule has 4 nitrogen and oxygen atoms in total. The Bertz CT molecular complexity index is 773. The number of unbranched alkanes of at least 4 members (excludes halogenated alkanes) is 6. The van der Waals surface area contributed by atoms with Gasteiger partial charge in [0, 0.05) is 5.56 Å². The van der Waals surface area contributed by atoms with Crippen molar-refractivity contribution in [3.8, 4) is 0 Å². The third kappa shape index (κ3) is 8.02. The summed E-state index contributed by atoms with van der Waals surface area (Å²) in [6.07, 6.45) is 10.3. The minimum absolute atomic E-state index is 0.0916. The lowest BCUT2D eigenvalue weighted by Gasteiger charge is -2.18. The smallest absolute Gasteiger partial charge is 0.340 e. The van der Waals surface area contributed by atoms with Crippen LogP contribution in [-0.2, 0) is 4.74 Å². The Morgan fingerprint density at radius 1 is 0.833 bits per heavy atom. The van der Waals surface area contributed by atoms with E-state index in [0.29, 0.717) is 16.8 Å². The summed E-state index contributed by atoms with van der Waals surface area (Å²) in [5, 5.41) is 2.84. The molecule has 0 unspecified atom stereocenters. The summed E-state index contributed by atoms with van der Waals surface area (Å²) in [7, 11) is 0. The monoisotopic (exact) mass is 409 g/mol. The first-order valence-corrected chi connectivity index (χ1v) is 11.3. The maximum atomic E-state index is 12.8. The van der Waals surface area contributed by atoms with E-state index in [1.807, 2.05) is 25.1 Å². The number of ether oxygens (including phenoxy) is 1. The molecule has 162 valence electrons. The fourth-order valence-electron chi connectivity index (χ4n) is 3.44. The zero-order chi connectivity index (χ0) is 21.6. The lowest BCUT2D eigenvalue weighted by Crippen LogP contribution is -2.20. The van der Waals surface area contributed by atoms with Gasteiger partial charge < -0.3 is 10.1 Å². The zero-order valence-electron chi connectivity index (χ0n) is 18.4. The van der Waals surface area contributed by atoms with Gasteiger partial charge in [0.25, 0.3) is 5.91 Å². The van der Waals surface area contributed by atoms with Crippen molar-refractivity contribution in [2.24, 2.45) is 0 Å². The molecule has 0 fully saturated rings. The number of benzene rings is 2. The summed E-state index contributed by atoms with van der Waals surface area (Å²) < 4.78 is 5.77. The first-order valence-electron chi connectivity index (χ1n) is 11.3. The predicted octanol–water partition coefficient (Wildman–Crippen LogP) is 7.02. The van der Waals surface area contributed by atoms with Crippen LogP contribution < -0.4 is 5.32 Å².